The predicted molar refractivity (Wildman–Crippen MR) is 104 cm³/mol. The van der Waals surface area contributed by atoms with E-state index in [1.165, 1.54) is 0 Å². The summed E-state index contributed by atoms with van der Waals surface area (Å²) in [7, 11) is 1.85. The van der Waals surface area contributed by atoms with Crippen LogP contribution < -0.4 is 0 Å². The molecule has 1 saturated heterocycles. The Kier molecular flexibility index (Phi) is 5.42. The Bertz CT molecular complexity index is 795. The minimum Gasteiger partial charge on any atom is -0.361 e. The van der Waals surface area contributed by atoms with Crippen molar-refractivity contribution in [2.75, 3.05) is 26.2 Å². The minimum atomic E-state index is -0.0692. The summed E-state index contributed by atoms with van der Waals surface area (Å²) >= 11 is 0. The Morgan fingerprint density at radius 2 is 1.93 bits per heavy atom. The highest BCUT2D eigenvalue weighted by molar-refractivity contribution is 5.92. The van der Waals surface area contributed by atoms with Gasteiger partial charge in [-0.25, -0.2) is 0 Å². The van der Waals surface area contributed by atoms with E-state index in [1.54, 1.807) is 4.68 Å². The van der Waals surface area contributed by atoms with Crippen LogP contribution >= 0.6 is 0 Å². The highest BCUT2D eigenvalue weighted by Crippen LogP contribution is 2.22. The Morgan fingerprint density at radius 1 is 1.19 bits per heavy atom. The molecule has 0 saturated carbocycles. The normalized spacial score (nSPS) is 16.6. The molecule has 0 radical (unpaired) electrons. The Balaban J connectivity index is 1.67. The maximum atomic E-state index is 13.1. The quantitative estimate of drug-likeness (QED) is 0.827. The lowest BCUT2D eigenvalue weighted by Crippen LogP contribution is -2.36. The first-order valence-electron chi connectivity index (χ1n) is 9.64. The lowest BCUT2D eigenvalue weighted by Gasteiger charge is -2.22. The smallest absolute Gasteiger partial charge is 0.272 e. The van der Waals surface area contributed by atoms with E-state index in [9.17, 15) is 4.79 Å². The Morgan fingerprint density at radius 3 is 2.52 bits per heavy atom. The van der Waals surface area contributed by atoms with Crippen molar-refractivity contribution in [1.82, 2.24) is 24.7 Å². The Labute approximate surface area is 161 Å². The molecule has 0 aliphatic carbocycles. The summed E-state index contributed by atoms with van der Waals surface area (Å²) in [5.74, 6) is 0.953. The van der Waals surface area contributed by atoms with Crippen molar-refractivity contribution < 1.29 is 9.32 Å². The zero-order chi connectivity index (χ0) is 19.8. The van der Waals surface area contributed by atoms with Crippen molar-refractivity contribution in [2.45, 2.75) is 53.0 Å². The van der Waals surface area contributed by atoms with Crippen LogP contribution in [0.4, 0.5) is 0 Å². The first-order valence-corrected chi connectivity index (χ1v) is 9.64. The van der Waals surface area contributed by atoms with Gasteiger partial charge in [-0.1, -0.05) is 25.9 Å². The molecule has 1 amide bonds. The van der Waals surface area contributed by atoms with Crippen LogP contribution in [0.5, 0.6) is 0 Å². The maximum Gasteiger partial charge on any atom is 0.272 e. The maximum absolute atomic E-state index is 13.1. The summed E-state index contributed by atoms with van der Waals surface area (Å²) in [5.41, 5.74) is 3.66. The largest absolute Gasteiger partial charge is 0.361 e. The van der Waals surface area contributed by atoms with Gasteiger partial charge in [-0.2, -0.15) is 5.10 Å². The molecular weight excluding hydrogens is 342 g/mol. The summed E-state index contributed by atoms with van der Waals surface area (Å²) in [6, 6.07) is 1.94. The van der Waals surface area contributed by atoms with E-state index in [1.807, 2.05) is 31.9 Å². The number of hydrogen-bond donors (Lipinski definition) is 0. The molecule has 7 nitrogen and oxygen atoms in total. The van der Waals surface area contributed by atoms with E-state index in [-0.39, 0.29) is 11.3 Å². The number of carbonyl (C=O) groups excluding carboxylic acids is 1. The number of amides is 1. The van der Waals surface area contributed by atoms with Gasteiger partial charge < -0.3 is 9.42 Å². The van der Waals surface area contributed by atoms with Gasteiger partial charge in [0, 0.05) is 50.7 Å². The minimum absolute atomic E-state index is 0.0692. The molecule has 1 aliphatic rings. The monoisotopic (exact) mass is 373 g/mol. The van der Waals surface area contributed by atoms with Crippen LogP contribution in [0.2, 0.25) is 0 Å². The molecule has 0 aromatic carbocycles. The first-order chi connectivity index (χ1) is 12.7. The van der Waals surface area contributed by atoms with Crippen molar-refractivity contribution in [3.63, 3.8) is 0 Å². The highest BCUT2D eigenvalue weighted by Gasteiger charge is 2.26. The second-order valence-electron chi connectivity index (χ2n) is 8.51. The molecule has 0 bridgehead atoms. The van der Waals surface area contributed by atoms with E-state index in [4.69, 9.17) is 4.52 Å². The lowest BCUT2D eigenvalue weighted by atomic mass is 9.92. The van der Waals surface area contributed by atoms with Crippen LogP contribution in [0.1, 0.15) is 60.4 Å². The van der Waals surface area contributed by atoms with Crippen LogP contribution in [-0.2, 0) is 19.0 Å². The molecule has 27 heavy (non-hydrogen) atoms. The van der Waals surface area contributed by atoms with E-state index >= 15 is 0 Å². The van der Waals surface area contributed by atoms with Crippen molar-refractivity contribution in [2.24, 2.45) is 7.05 Å². The number of aromatic nitrogens is 3. The van der Waals surface area contributed by atoms with Gasteiger partial charge in [0.15, 0.2) is 0 Å². The standard InChI is InChI=1S/C20H31N5O2/c1-14-16(15(2)27-22-14)13-24-8-7-9-25(11-10-24)19(26)17-12-18(20(3,4)5)21-23(17)6/h12H,7-11,13H2,1-6H3. The number of hydrogen-bond acceptors (Lipinski definition) is 5. The van der Waals surface area contributed by atoms with Gasteiger partial charge in [-0.05, 0) is 26.3 Å². The molecule has 2 aromatic heterocycles. The molecule has 1 aliphatic heterocycles. The highest BCUT2D eigenvalue weighted by atomic mass is 16.5. The summed E-state index contributed by atoms with van der Waals surface area (Å²) in [6.45, 7) is 14.4. The van der Waals surface area contributed by atoms with Gasteiger partial charge in [0.25, 0.3) is 5.91 Å². The fraction of sp³-hybridized carbons (Fsp3) is 0.650. The van der Waals surface area contributed by atoms with Gasteiger partial charge in [0.1, 0.15) is 11.5 Å². The average molecular weight is 374 g/mol. The van der Waals surface area contributed by atoms with Crippen molar-refractivity contribution in [3.05, 3.63) is 34.5 Å². The fourth-order valence-corrected chi connectivity index (χ4v) is 3.48. The van der Waals surface area contributed by atoms with E-state index in [0.29, 0.717) is 5.69 Å². The zero-order valence-corrected chi connectivity index (χ0v) is 17.4. The molecule has 1 fully saturated rings. The SMILES string of the molecule is Cc1noc(C)c1CN1CCCN(C(=O)c2cc(C(C)(C)C)nn2C)CC1. The van der Waals surface area contributed by atoms with Crippen LogP contribution in [0, 0.1) is 13.8 Å². The molecule has 7 heteroatoms. The van der Waals surface area contributed by atoms with Gasteiger partial charge >= 0.3 is 0 Å². The number of rotatable bonds is 3. The second kappa shape index (κ2) is 7.46. The fourth-order valence-electron chi connectivity index (χ4n) is 3.48. The van der Waals surface area contributed by atoms with Crippen molar-refractivity contribution in [3.8, 4) is 0 Å². The zero-order valence-electron chi connectivity index (χ0n) is 17.4. The molecule has 0 unspecified atom stereocenters. The third-order valence-electron chi connectivity index (χ3n) is 5.31. The molecular formula is C20H31N5O2. The summed E-state index contributed by atoms with van der Waals surface area (Å²) in [4.78, 5) is 17.4. The summed E-state index contributed by atoms with van der Waals surface area (Å²) in [5, 5.41) is 8.59. The summed E-state index contributed by atoms with van der Waals surface area (Å²) in [6.07, 6.45) is 0.957. The lowest BCUT2D eigenvalue weighted by molar-refractivity contribution is 0.0750. The third-order valence-corrected chi connectivity index (χ3v) is 5.31. The van der Waals surface area contributed by atoms with Crippen LogP contribution in [0.15, 0.2) is 10.6 Å². The van der Waals surface area contributed by atoms with Crippen LogP contribution in [0.25, 0.3) is 0 Å². The summed E-state index contributed by atoms with van der Waals surface area (Å²) < 4.78 is 6.99. The predicted octanol–water partition coefficient (Wildman–Crippen LogP) is 2.67. The van der Waals surface area contributed by atoms with Gasteiger partial charge in [0.05, 0.1) is 11.4 Å². The second-order valence-corrected chi connectivity index (χ2v) is 8.51. The topological polar surface area (TPSA) is 67.4 Å². The molecule has 3 heterocycles. The molecule has 3 rings (SSSR count). The molecule has 2 aromatic rings. The first kappa shape index (κ1) is 19.6. The average Bonchev–Trinajstić information content (AvgIpc) is 3.03. The molecule has 148 valence electrons. The van der Waals surface area contributed by atoms with Crippen molar-refractivity contribution >= 4 is 5.91 Å². The Hall–Kier alpha value is -2.15. The van der Waals surface area contributed by atoms with Crippen LogP contribution in [-0.4, -0.2) is 56.8 Å². The van der Waals surface area contributed by atoms with E-state index < -0.39 is 0 Å². The number of carbonyl (C=O) groups is 1. The molecule has 0 spiro atoms. The number of nitrogens with zero attached hydrogens (tertiary/aromatic N) is 5. The number of aryl methyl sites for hydroxylation is 3. The van der Waals surface area contributed by atoms with Crippen LogP contribution in [0.3, 0.4) is 0 Å². The van der Waals surface area contributed by atoms with Crippen molar-refractivity contribution in [1.29, 1.82) is 0 Å². The van der Waals surface area contributed by atoms with Gasteiger partial charge in [0.2, 0.25) is 0 Å². The van der Waals surface area contributed by atoms with Gasteiger partial charge in [-0.3, -0.25) is 14.4 Å². The van der Waals surface area contributed by atoms with E-state index in [0.717, 1.165) is 61.9 Å². The molecule has 0 atom stereocenters. The third kappa shape index (κ3) is 4.24. The van der Waals surface area contributed by atoms with Gasteiger partial charge in [-0.15, -0.1) is 0 Å². The molecule has 0 N–H and O–H groups in total. The van der Waals surface area contributed by atoms with E-state index in [2.05, 4.69) is 35.9 Å².